The van der Waals surface area contributed by atoms with Gasteiger partial charge in [0.2, 0.25) is 11.8 Å². The number of hydrogen-bond donors (Lipinski definition) is 2. The number of pyridine rings is 2. The van der Waals surface area contributed by atoms with Gasteiger partial charge >= 0.3 is 0 Å². The van der Waals surface area contributed by atoms with Gasteiger partial charge in [0, 0.05) is 86.7 Å². The minimum Gasteiger partial charge on any atom is -0.496 e. The lowest BCUT2D eigenvalue weighted by Gasteiger charge is -2.36. The van der Waals surface area contributed by atoms with Crippen molar-refractivity contribution in [2.45, 2.75) is 25.5 Å². The predicted molar refractivity (Wildman–Crippen MR) is 168 cm³/mol. The number of carbonyl (C=O) groups is 2. The molecular weight excluding hydrogens is 578 g/mol. The van der Waals surface area contributed by atoms with Gasteiger partial charge in [-0.05, 0) is 29.8 Å². The van der Waals surface area contributed by atoms with Gasteiger partial charge in [0.15, 0.2) is 6.10 Å². The molecule has 12 nitrogen and oxygen atoms in total. The number of H-pyrrole nitrogens is 1. The monoisotopic (exact) mass is 613 g/mol. The van der Waals surface area contributed by atoms with E-state index in [9.17, 15) is 14.4 Å². The largest absolute Gasteiger partial charge is 0.496 e. The molecule has 6 rings (SSSR count). The van der Waals surface area contributed by atoms with Crippen LogP contribution in [0.25, 0.3) is 21.9 Å². The van der Waals surface area contributed by atoms with E-state index in [2.05, 4.69) is 25.1 Å². The second kappa shape index (κ2) is 12.9. The van der Waals surface area contributed by atoms with Gasteiger partial charge in [0.05, 0.1) is 32.3 Å². The van der Waals surface area contributed by atoms with Gasteiger partial charge in [-0.1, -0.05) is 6.07 Å². The van der Waals surface area contributed by atoms with Gasteiger partial charge in [-0.25, -0.2) is 4.98 Å². The highest BCUT2D eigenvalue weighted by atomic mass is 16.5. The number of nitrogens with one attached hydrogen (secondary N) is 2. The van der Waals surface area contributed by atoms with Crippen LogP contribution in [0, 0.1) is 0 Å². The lowest BCUT2D eigenvalue weighted by atomic mass is 9.99. The molecule has 0 bridgehead atoms. The number of aromatic nitrogens is 2. The number of carbonyl (C=O) groups excluding carboxylic acids is 2. The lowest BCUT2D eigenvalue weighted by molar-refractivity contribution is -0.138. The first kappa shape index (κ1) is 29.9. The number of benzene rings is 2. The number of fused-ring (bicyclic) bond motifs is 1. The lowest BCUT2D eigenvalue weighted by Crippen LogP contribution is -2.46. The fraction of sp³-hybridized carbons (Fsp3) is 0.333. The number of nitrogens with zero attached hydrogens (tertiary/aromatic N) is 3. The van der Waals surface area contributed by atoms with Crippen LogP contribution in [0.3, 0.4) is 0 Å². The Labute approximate surface area is 259 Å². The molecule has 45 heavy (non-hydrogen) atoms. The maximum atomic E-state index is 12.5. The molecule has 2 aliphatic rings. The highest BCUT2D eigenvalue weighted by Gasteiger charge is 2.28. The molecule has 0 aliphatic carbocycles. The summed E-state index contributed by atoms with van der Waals surface area (Å²) in [6.45, 7) is 3.84. The van der Waals surface area contributed by atoms with E-state index >= 15 is 0 Å². The summed E-state index contributed by atoms with van der Waals surface area (Å²) in [5.74, 6) is 1.73. The molecule has 0 radical (unpaired) electrons. The van der Waals surface area contributed by atoms with Crippen LogP contribution in [0.15, 0.2) is 59.7 Å². The Balaban J connectivity index is 1.17. The molecular formula is C33H35N5O7. The molecule has 1 atom stereocenters. The van der Waals surface area contributed by atoms with Crippen molar-refractivity contribution in [2.24, 2.45) is 0 Å². The van der Waals surface area contributed by atoms with Gasteiger partial charge in [-0.2, -0.15) is 0 Å². The maximum absolute atomic E-state index is 12.5. The van der Waals surface area contributed by atoms with Crippen molar-refractivity contribution in [2.75, 3.05) is 52.4 Å². The summed E-state index contributed by atoms with van der Waals surface area (Å²) >= 11 is 0. The van der Waals surface area contributed by atoms with Crippen LogP contribution >= 0.6 is 0 Å². The Hall–Kier alpha value is -5.10. The molecule has 0 saturated carbocycles. The zero-order valence-electron chi connectivity index (χ0n) is 25.4. The molecule has 1 unspecified atom stereocenters. The van der Waals surface area contributed by atoms with E-state index in [1.165, 1.54) is 13.3 Å². The Morgan fingerprint density at radius 2 is 1.67 bits per heavy atom. The van der Waals surface area contributed by atoms with Gasteiger partial charge in [0.25, 0.3) is 11.5 Å². The summed E-state index contributed by atoms with van der Waals surface area (Å²) in [6, 6.07) is 13.4. The Kier molecular flexibility index (Phi) is 8.56. The van der Waals surface area contributed by atoms with Gasteiger partial charge < -0.3 is 28.8 Å². The Morgan fingerprint density at radius 3 is 2.36 bits per heavy atom. The van der Waals surface area contributed by atoms with Crippen molar-refractivity contribution in [3.8, 4) is 34.3 Å². The van der Waals surface area contributed by atoms with Crippen LogP contribution in [0.2, 0.25) is 0 Å². The number of methoxy groups -OCH3 is 3. The van der Waals surface area contributed by atoms with Gasteiger partial charge in [0.1, 0.15) is 17.2 Å². The molecule has 2 fully saturated rings. The van der Waals surface area contributed by atoms with Crippen molar-refractivity contribution in [1.82, 2.24) is 20.2 Å². The van der Waals surface area contributed by atoms with E-state index in [1.54, 1.807) is 26.5 Å². The molecule has 2 amide bonds. The van der Waals surface area contributed by atoms with Gasteiger partial charge in [-0.15, -0.1) is 0 Å². The van der Waals surface area contributed by atoms with Crippen LogP contribution < -0.4 is 34.7 Å². The van der Waals surface area contributed by atoms with E-state index < -0.39 is 12.0 Å². The fourth-order valence-electron chi connectivity index (χ4n) is 5.87. The minimum absolute atomic E-state index is 0.229. The van der Waals surface area contributed by atoms with Crippen molar-refractivity contribution in [1.29, 1.82) is 0 Å². The molecule has 234 valence electrons. The first-order chi connectivity index (χ1) is 21.9. The van der Waals surface area contributed by atoms with Crippen LogP contribution in [0.4, 0.5) is 5.69 Å². The van der Waals surface area contributed by atoms with Crippen molar-refractivity contribution < 1.29 is 28.5 Å². The number of amides is 2. The van der Waals surface area contributed by atoms with E-state index in [-0.39, 0.29) is 17.9 Å². The van der Waals surface area contributed by atoms with Crippen molar-refractivity contribution in [3.05, 3.63) is 70.8 Å². The van der Waals surface area contributed by atoms with Crippen molar-refractivity contribution in [3.63, 3.8) is 0 Å². The summed E-state index contributed by atoms with van der Waals surface area (Å²) in [5.41, 5.74) is 3.34. The zero-order chi connectivity index (χ0) is 31.5. The molecule has 2 N–H and O–H groups in total. The first-order valence-electron chi connectivity index (χ1n) is 14.7. The van der Waals surface area contributed by atoms with E-state index in [0.29, 0.717) is 46.9 Å². The van der Waals surface area contributed by atoms with Crippen LogP contribution in [-0.2, 0) is 16.1 Å². The van der Waals surface area contributed by atoms with E-state index in [0.717, 1.165) is 48.6 Å². The second-order valence-corrected chi connectivity index (χ2v) is 11.0. The molecule has 4 heterocycles. The first-order valence-corrected chi connectivity index (χ1v) is 14.7. The summed E-state index contributed by atoms with van der Waals surface area (Å²) in [7, 11) is 4.82. The van der Waals surface area contributed by atoms with Crippen molar-refractivity contribution >= 4 is 28.3 Å². The molecule has 2 saturated heterocycles. The third-order valence-electron chi connectivity index (χ3n) is 8.29. The summed E-state index contributed by atoms with van der Waals surface area (Å²) in [6.07, 6.45) is 3.17. The number of piperazine rings is 1. The smallest absolute Gasteiger partial charge is 0.267 e. The fourth-order valence-corrected chi connectivity index (χ4v) is 5.87. The average Bonchev–Trinajstić information content (AvgIpc) is 3.06. The van der Waals surface area contributed by atoms with Crippen LogP contribution in [0.5, 0.6) is 23.1 Å². The summed E-state index contributed by atoms with van der Waals surface area (Å²) < 4.78 is 23.0. The van der Waals surface area contributed by atoms with E-state index in [4.69, 9.17) is 18.9 Å². The van der Waals surface area contributed by atoms with Crippen LogP contribution in [0.1, 0.15) is 18.4 Å². The number of rotatable bonds is 9. The minimum atomic E-state index is -0.672. The third-order valence-corrected chi connectivity index (χ3v) is 8.29. The molecule has 4 aromatic rings. The zero-order valence-corrected chi connectivity index (χ0v) is 25.4. The predicted octanol–water partition coefficient (Wildman–Crippen LogP) is 3.12. The van der Waals surface area contributed by atoms with Crippen LogP contribution in [-0.4, -0.2) is 80.3 Å². The quantitative estimate of drug-likeness (QED) is 0.271. The third kappa shape index (κ3) is 6.27. The summed E-state index contributed by atoms with van der Waals surface area (Å²) in [4.78, 5) is 47.7. The number of ether oxygens (including phenoxy) is 4. The molecule has 0 spiro atoms. The molecule has 2 aromatic heterocycles. The highest BCUT2D eigenvalue weighted by Crippen LogP contribution is 2.38. The number of imide groups is 1. The number of hydrogen-bond acceptors (Lipinski definition) is 10. The number of aromatic amines is 1. The Bertz CT molecular complexity index is 1770. The standard InChI is InChI=1S/C33H35N5O7/c1-42-28-13-20(24-17-35-32(40)25-18-34-31(44-3)16-23(24)25)14-29(43-2)26(28)19-37-9-11-38(12-10-37)21-5-4-6-22(15-21)45-27-7-8-30(39)36-33(27)41/h4-6,13-18,27H,7-12,19H2,1-3H3,(H,35,40)(H,36,39,41). The van der Waals surface area contributed by atoms with E-state index in [1.807, 2.05) is 36.4 Å². The molecule has 2 aliphatic heterocycles. The SMILES string of the molecule is COc1cc2c(-c3cc(OC)c(CN4CCN(c5cccc(OC6CCC(=O)NC6=O)c5)CC4)c(OC)c3)c[nH]c(=O)c2cn1. The number of anilines is 1. The van der Waals surface area contributed by atoms with Gasteiger partial charge in [-0.3, -0.25) is 24.6 Å². The number of piperidine rings is 1. The topological polar surface area (TPSA) is 135 Å². The molecule has 2 aromatic carbocycles. The molecule has 12 heteroatoms. The highest BCUT2D eigenvalue weighted by molar-refractivity contribution is 6.00. The Morgan fingerprint density at radius 1 is 0.911 bits per heavy atom. The average molecular weight is 614 g/mol. The normalized spacial score (nSPS) is 17.2. The summed E-state index contributed by atoms with van der Waals surface area (Å²) in [5, 5.41) is 3.51. The maximum Gasteiger partial charge on any atom is 0.267 e. The second-order valence-electron chi connectivity index (χ2n) is 11.0.